The van der Waals surface area contributed by atoms with E-state index in [2.05, 4.69) is 9.97 Å². The Hall–Kier alpha value is -1.16. The molecule has 0 atom stereocenters. The molecule has 54 valence electrons. The van der Waals surface area contributed by atoms with Crippen LogP contribution in [-0.2, 0) is 6.54 Å². The summed E-state index contributed by atoms with van der Waals surface area (Å²) in [6.45, 7) is 0.407. The van der Waals surface area contributed by atoms with E-state index in [1.807, 2.05) is 0 Å². The Labute approximate surface area is 59.1 Å². The number of nitrogens with two attached hydrogens (primary N) is 1. The summed E-state index contributed by atoms with van der Waals surface area (Å²) in [6.07, 6.45) is 3.07. The number of nitrogens with zero attached hydrogens (tertiary/aromatic N) is 2. The predicted octanol–water partition coefficient (Wildman–Crippen LogP) is -0.0561. The summed E-state index contributed by atoms with van der Waals surface area (Å²) in [5, 5.41) is 0. The molecular weight excluding hydrogens is 130 g/mol. The van der Waals surface area contributed by atoms with Crippen molar-refractivity contribution in [1.82, 2.24) is 9.97 Å². The second-order valence-corrected chi connectivity index (χ2v) is 1.76. The molecule has 0 amide bonds. The smallest absolute Gasteiger partial charge is 0.220 e. The summed E-state index contributed by atoms with van der Waals surface area (Å²) in [5.74, 6) is 0.553. The van der Waals surface area contributed by atoms with Crippen molar-refractivity contribution in [2.75, 3.05) is 7.11 Å². The van der Waals surface area contributed by atoms with Gasteiger partial charge in [0.2, 0.25) is 5.88 Å². The van der Waals surface area contributed by atoms with Crippen molar-refractivity contribution in [2.45, 2.75) is 6.54 Å². The molecule has 0 radical (unpaired) electrons. The Kier molecular flexibility index (Phi) is 2.17. The van der Waals surface area contributed by atoms with Crippen molar-refractivity contribution in [2.24, 2.45) is 5.73 Å². The van der Waals surface area contributed by atoms with Crippen LogP contribution < -0.4 is 10.5 Å². The van der Waals surface area contributed by atoms with Gasteiger partial charge in [-0.2, -0.15) is 0 Å². The zero-order chi connectivity index (χ0) is 7.40. The number of hydrogen-bond acceptors (Lipinski definition) is 4. The molecular formula is C6H9N3O. The van der Waals surface area contributed by atoms with Crippen LogP contribution in [0.15, 0.2) is 12.5 Å². The molecule has 0 unspecified atom stereocenters. The van der Waals surface area contributed by atoms with E-state index in [9.17, 15) is 0 Å². The molecule has 0 saturated heterocycles. The quantitative estimate of drug-likeness (QED) is 0.623. The molecule has 1 rings (SSSR count). The SMILES string of the molecule is COc1ncncc1CN. The van der Waals surface area contributed by atoms with Gasteiger partial charge >= 0.3 is 0 Å². The Morgan fingerprint density at radius 3 is 3.00 bits per heavy atom. The maximum absolute atomic E-state index is 5.37. The monoisotopic (exact) mass is 139 g/mol. The largest absolute Gasteiger partial charge is 0.481 e. The van der Waals surface area contributed by atoms with Crippen LogP contribution >= 0.6 is 0 Å². The van der Waals surface area contributed by atoms with E-state index < -0.39 is 0 Å². The summed E-state index contributed by atoms with van der Waals surface area (Å²) in [4.78, 5) is 7.65. The first-order valence-electron chi connectivity index (χ1n) is 2.91. The first kappa shape index (κ1) is 6.95. The summed E-state index contributed by atoms with van der Waals surface area (Å²) in [6, 6.07) is 0. The fourth-order valence-corrected chi connectivity index (χ4v) is 0.671. The minimum absolute atomic E-state index is 0.407. The van der Waals surface area contributed by atoms with Crippen LogP contribution in [0.2, 0.25) is 0 Å². The molecule has 0 fully saturated rings. The topological polar surface area (TPSA) is 61.0 Å². The fourth-order valence-electron chi connectivity index (χ4n) is 0.671. The summed E-state index contributed by atoms with van der Waals surface area (Å²) < 4.78 is 4.91. The van der Waals surface area contributed by atoms with Crippen molar-refractivity contribution in [3.8, 4) is 5.88 Å². The summed E-state index contributed by atoms with van der Waals surface area (Å²) >= 11 is 0. The molecule has 0 aliphatic carbocycles. The number of methoxy groups -OCH3 is 1. The zero-order valence-electron chi connectivity index (χ0n) is 5.74. The van der Waals surface area contributed by atoms with Gasteiger partial charge in [0.1, 0.15) is 6.33 Å². The predicted molar refractivity (Wildman–Crippen MR) is 36.5 cm³/mol. The summed E-state index contributed by atoms with van der Waals surface area (Å²) in [7, 11) is 1.56. The Morgan fingerprint density at radius 2 is 2.50 bits per heavy atom. The second-order valence-electron chi connectivity index (χ2n) is 1.76. The van der Waals surface area contributed by atoms with Crippen molar-refractivity contribution >= 4 is 0 Å². The third-order valence-electron chi connectivity index (χ3n) is 1.16. The first-order valence-corrected chi connectivity index (χ1v) is 2.91. The number of hydrogen-bond donors (Lipinski definition) is 1. The Bertz CT molecular complexity index is 191. The first-order chi connectivity index (χ1) is 4.88. The molecule has 0 aromatic carbocycles. The van der Waals surface area contributed by atoms with E-state index in [4.69, 9.17) is 10.5 Å². The van der Waals surface area contributed by atoms with Crippen molar-refractivity contribution in [1.29, 1.82) is 0 Å². The van der Waals surface area contributed by atoms with Crippen LogP contribution in [0.25, 0.3) is 0 Å². The van der Waals surface area contributed by atoms with Crippen LogP contribution in [0, 0.1) is 0 Å². The van der Waals surface area contributed by atoms with Gasteiger partial charge in [0.15, 0.2) is 0 Å². The molecule has 4 heteroatoms. The van der Waals surface area contributed by atoms with Crippen LogP contribution in [0.5, 0.6) is 5.88 Å². The van der Waals surface area contributed by atoms with E-state index in [1.54, 1.807) is 13.3 Å². The number of aromatic nitrogens is 2. The van der Waals surface area contributed by atoms with Crippen LogP contribution in [0.4, 0.5) is 0 Å². The Balaban J connectivity index is 2.96. The lowest BCUT2D eigenvalue weighted by molar-refractivity contribution is 0.391. The van der Waals surface area contributed by atoms with Crippen LogP contribution in [0.3, 0.4) is 0 Å². The highest BCUT2D eigenvalue weighted by molar-refractivity contribution is 5.21. The minimum atomic E-state index is 0.407. The van der Waals surface area contributed by atoms with E-state index in [0.717, 1.165) is 5.56 Å². The zero-order valence-corrected chi connectivity index (χ0v) is 5.74. The van der Waals surface area contributed by atoms with Crippen molar-refractivity contribution < 1.29 is 4.74 Å². The van der Waals surface area contributed by atoms with Gasteiger partial charge in [-0.25, -0.2) is 9.97 Å². The molecule has 0 saturated carbocycles. The van der Waals surface area contributed by atoms with Crippen LogP contribution in [0.1, 0.15) is 5.56 Å². The fraction of sp³-hybridized carbons (Fsp3) is 0.333. The van der Waals surface area contributed by atoms with Gasteiger partial charge in [-0.05, 0) is 0 Å². The third-order valence-corrected chi connectivity index (χ3v) is 1.16. The average molecular weight is 139 g/mol. The van der Waals surface area contributed by atoms with E-state index in [-0.39, 0.29) is 0 Å². The van der Waals surface area contributed by atoms with E-state index in [0.29, 0.717) is 12.4 Å². The van der Waals surface area contributed by atoms with Gasteiger partial charge in [-0.3, -0.25) is 0 Å². The van der Waals surface area contributed by atoms with Gasteiger partial charge in [0.25, 0.3) is 0 Å². The normalized spacial score (nSPS) is 9.40. The molecule has 1 aromatic heterocycles. The lowest BCUT2D eigenvalue weighted by Crippen LogP contribution is -2.01. The number of rotatable bonds is 2. The van der Waals surface area contributed by atoms with Gasteiger partial charge in [0, 0.05) is 18.3 Å². The minimum Gasteiger partial charge on any atom is -0.481 e. The Morgan fingerprint density at radius 1 is 1.70 bits per heavy atom. The lowest BCUT2D eigenvalue weighted by atomic mass is 10.3. The molecule has 10 heavy (non-hydrogen) atoms. The molecule has 1 heterocycles. The molecule has 0 spiro atoms. The third kappa shape index (κ3) is 1.22. The van der Waals surface area contributed by atoms with E-state index >= 15 is 0 Å². The molecule has 1 aromatic rings. The molecule has 0 aliphatic rings. The molecule has 2 N–H and O–H groups in total. The molecule has 0 bridgehead atoms. The highest BCUT2D eigenvalue weighted by atomic mass is 16.5. The highest BCUT2D eigenvalue weighted by Crippen LogP contribution is 2.09. The van der Waals surface area contributed by atoms with Gasteiger partial charge in [-0.15, -0.1) is 0 Å². The maximum Gasteiger partial charge on any atom is 0.220 e. The lowest BCUT2D eigenvalue weighted by Gasteiger charge is -2.01. The summed E-state index contributed by atoms with van der Waals surface area (Å²) in [5.41, 5.74) is 6.19. The van der Waals surface area contributed by atoms with Gasteiger partial charge in [-0.1, -0.05) is 0 Å². The van der Waals surface area contributed by atoms with Gasteiger partial charge < -0.3 is 10.5 Å². The van der Waals surface area contributed by atoms with E-state index in [1.165, 1.54) is 6.33 Å². The maximum atomic E-state index is 5.37. The molecule has 0 aliphatic heterocycles. The van der Waals surface area contributed by atoms with Crippen molar-refractivity contribution in [3.05, 3.63) is 18.1 Å². The highest BCUT2D eigenvalue weighted by Gasteiger charge is 1.98. The van der Waals surface area contributed by atoms with Crippen LogP contribution in [-0.4, -0.2) is 17.1 Å². The number of ether oxygens (including phenoxy) is 1. The van der Waals surface area contributed by atoms with Gasteiger partial charge in [0.05, 0.1) is 7.11 Å². The average Bonchev–Trinajstić information content (AvgIpc) is 2.04. The molecule has 4 nitrogen and oxygen atoms in total. The standard InChI is InChI=1S/C6H9N3O/c1-10-6-5(2-7)3-8-4-9-6/h3-4H,2,7H2,1H3. The van der Waals surface area contributed by atoms with Crippen molar-refractivity contribution in [3.63, 3.8) is 0 Å². The second kappa shape index (κ2) is 3.12.